The third-order valence-corrected chi connectivity index (χ3v) is 2.76. The maximum absolute atomic E-state index is 7.87. The Bertz CT molecular complexity index is 330. The predicted octanol–water partition coefficient (Wildman–Crippen LogP) is 2.14. The van der Waals surface area contributed by atoms with Crippen molar-refractivity contribution in [2.24, 2.45) is 0 Å². The number of rotatable bonds is 0. The van der Waals surface area contributed by atoms with Gasteiger partial charge in [0.25, 0.3) is 0 Å². The monoisotopic (exact) mass is 146 g/mol. The van der Waals surface area contributed by atoms with Gasteiger partial charge in [0.1, 0.15) is 0 Å². The molecule has 1 fully saturated rings. The second-order valence-corrected chi connectivity index (χ2v) is 3.49. The van der Waals surface area contributed by atoms with Gasteiger partial charge < -0.3 is 5.32 Å². The van der Waals surface area contributed by atoms with Gasteiger partial charge in [0.15, 0.2) is 0 Å². The van der Waals surface area contributed by atoms with Crippen molar-refractivity contribution in [3.05, 3.63) is 29.8 Å². The van der Waals surface area contributed by atoms with Gasteiger partial charge in [0.2, 0.25) is 0 Å². The van der Waals surface area contributed by atoms with Crippen molar-refractivity contribution < 1.29 is 1.37 Å². The summed E-state index contributed by atoms with van der Waals surface area (Å²) in [6, 6.07) is 8.33. The molecule has 1 saturated carbocycles. The molecule has 1 aromatic carbocycles. The molecule has 1 unspecified atom stereocenters. The highest BCUT2D eigenvalue weighted by molar-refractivity contribution is 5.62. The van der Waals surface area contributed by atoms with Gasteiger partial charge in [-0.2, -0.15) is 0 Å². The van der Waals surface area contributed by atoms with Crippen LogP contribution >= 0.6 is 0 Å². The average Bonchev–Trinajstić information content (AvgIpc) is 2.80. The Morgan fingerprint density at radius 1 is 1.36 bits per heavy atom. The lowest BCUT2D eigenvalue weighted by atomic mass is 9.99. The fraction of sp³-hybridized carbons (Fsp3) is 0.400. The molecule has 1 heterocycles. The van der Waals surface area contributed by atoms with E-state index in [0.717, 1.165) is 0 Å². The van der Waals surface area contributed by atoms with Crippen LogP contribution in [0.4, 0.5) is 5.69 Å². The van der Waals surface area contributed by atoms with E-state index in [4.69, 9.17) is 1.37 Å². The van der Waals surface area contributed by atoms with E-state index in [2.05, 4.69) is 23.5 Å². The van der Waals surface area contributed by atoms with Crippen LogP contribution in [0.5, 0.6) is 0 Å². The third kappa shape index (κ3) is 0.609. The first-order chi connectivity index (χ1) is 5.83. The average molecular weight is 146 g/mol. The zero-order valence-electron chi connectivity index (χ0n) is 7.30. The lowest BCUT2D eigenvalue weighted by molar-refractivity contribution is 0.778. The summed E-state index contributed by atoms with van der Waals surface area (Å²) < 4.78 is 7.87. The summed E-state index contributed by atoms with van der Waals surface area (Å²) in [6.07, 6.45) is 2.37. The molecule has 3 rings (SSSR count). The molecule has 2 aliphatic rings. The summed E-state index contributed by atoms with van der Waals surface area (Å²) >= 11 is 0. The minimum absolute atomic E-state index is 0.102. The maximum Gasteiger partial charge on any atom is 0.0499 e. The summed E-state index contributed by atoms with van der Waals surface area (Å²) in [6.45, 7) is -0.102. The smallest absolute Gasteiger partial charge is 0.0499 e. The van der Waals surface area contributed by atoms with Crippen molar-refractivity contribution in [3.8, 4) is 0 Å². The van der Waals surface area contributed by atoms with E-state index < -0.39 is 0 Å². The van der Waals surface area contributed by atoms with Crippen LogP contribution in [0.2, 0.25) is 0 Å². The molecule has 1 N–H and O–H groups in total. The number of para-hydroxylation sites is 1. The number of nitrogens with one attached hydrogen (secondary N) is 1. The number of anilines is 1. The van der Waals surface area contributed by atoms with Crippen LogP contribution < -0.4 is 5.32 Å². The van der Waals surface area contributed by atoms with Crippen LogP contribution in [0.25, 0.3) is 0 Å². The first kappa shape index (κ1) is 4.81. The van der Waals surface area contributed by atoms with Crippen molar-refractivity contribution >= 4 is 5.69 Å². The summed E-state index contributed by atoms with van der Waals surface area (Å²) in [5.74, 6) is 0. The van der Waals surface area contributed by atoms with Gasteiger partial charge in [0, 0.05) is 19.0 Å². The molecule has 11 heavy (non-hydrogen) atoms. The highest BCUT2D eigenvalue weighted by atomic mass is 15.0. The van der Waals surface area contributed by atoms with Gasteiger partial charge >= 0.3 is 0 Å². The van der Waals surface area contributed by atoms with Gasteiger partial charge in [-0.15, -0.1) is 0 Å². The zero-order chi connectivity index (χ0) is 8.18. The minimum atomic E-state index is -0.102. The van der Waals surface area contributed by atoms with E-state index in [1.165, 1.54) is 24.1 Å². The predicted molar refractivity (Wildman–Crippen MR) is 45.8 cm³/mol. The molecule has 1 aromatic rings. The van der Waals surface area contributed by atoms with Crippen molar-refractivity contribution in [3.63, 3.8) is 0 Å². The summed E-state index contributed by atoms with van der Waals surface area (Å²) in [4.78, 5) is 0. The molecule has 0 amide bonds. The van der Waals surface area contributed by atoms with Crippen LogP contribution in [0.3, 0.4) is 0 Å². The molecule has 0 bridgehead atoms. The molecule has 1 atom stereocenters. The summed E-state index contributed by atoms with van der Waals surface area (Å²) in [5.41, 5.74) is 2.73. The van der Waals surface area contributed by atoms with Crippen LogP contribution in [0.15, 0.2) is 24.3 Å². The molecule has 1 nitrogen and oxygen atoms in total. The second-order valence-electron chi connectivity index (χ2n) is 3.49. The van der Waals surface area contributed by atoms with E-state index in [0.29, 0.717) is 0 Å². The minimum Gasteiger partial charge on any atom is -0.384 e. The van der Waals surface area contributed by atoms with Gasteiger partial charge in [0.05, 0.1) is 0 Å². The zero-order valence-corrected chi connectivity index (χ0v) is 6.30. The molecule has 1 aliphatic carbocycles. The molecule has 1 aliphatic heterocycles. The topological polar surface area (TPSA) is 12.0 Å². The fourth-order valence-electron chi connectivity index (χ4n) is 1.89. The standard InChI is InChI=1S/C10H11N/c1-2-4-9-8(3-1)10(5-6-10)7-11-9/h1-4,11H,5-7H2/i7D. The number of hydrogen-bond donors (Lipinski definition) is 1. The Morgan fingerprint density at radius 2 is 2.18 bits per heavy atom. The molecule has 1 spiro atoms. The molecule has 1 heteroatoms. The molecule has 0 radical (unpaired) electrons. The van der Waals surface area contributed by atoms with Crippen LogP contribution in [-0.4, -0.2) is 6.52 Å². The van der Waals surface area contributed by atoms with E-state index in [9.17, 15) is 0 Å². The Hall–Kier alpha value is -0.980. The molecular formula is C10H11N. The van der Waals surface area contributed by atoms with Crippen LogP contribution in [0, 0.1) is 0 Å². The number of hydrogen-bond acceptors (Lipinski definition) is 1. The largest absolute Gasteiger partial charge is 0.384 e. The fourth-order valence-corrected chi connectivity index (χ4v) is 1.89. The molecular weight excluding hydrogens is 134 g/mol. The van der Waals surface area contributed by atoms with E-state index in [-0.39, 0.29) is 11.9 Å². The molecule has 0 saturated heterocycles. The van der Waals surface area contributed by atoms with Crippen LogP contribution in [-0.2, 0) is 5.41 Å². The molecule has 0 aromatic heterocycles. The Balaban J connectivity index is 2.19. The second kappa shape index (κ2) is 1.60. The first-order valence-corrected chi connectivity index (χ1v) is 4.11. The van der Waals surface area contributed by atoms with E-state index >= 15 is 0 Å². The van der Waals surface area contributed by atoms with E-state index in [1.54, 1.807) is 0 Å². The quantitative estimate of drug-likeness (QED) is 0.591. The van der Waals surface area contributed by atoms with Gasteiger partial charge in [-0.1, -0.05) is 18.2 Å². The highest BCUT2D eigenvalue weighted by Crippen LogP contribution is 2.53. The van der Waals surface area contributed by atoms with Crippen LogP contribution in [0.1, 0.15) is 19.8 Å². The highest BCUT2D eigenvalue weighted by Gasteiger charge is 2.48. The lowest BCUT2D eigenvalue weighted by Gasteiger charge is -2.03. The van der Waals surface area contributed by atoms with Crippen molar-refractivity contribution in [1.29, 1.82) is 0 Å². The number of benzene rings is 1. The summed E-state index contributed by atoms with van der Waals surface area (Å²) in [7, 11) is 0. The number of fused-ring (bicyclic) bond motifs is 2. The normalized spacial score (nSPS) is 30.9. The third-order valence-electron chi connectivity index (χ3n) is 2.76. The summed E-state index contributed by atoms with van der Waals surface area (Å²) in [5, 5.41) is 3.22. The SMILES string of the molecule is [2H]C1Nc2ccccc2C12CC2. The Labute approximate surface area is 67.8 Å². The van der Waals surface area contributed by atoms with Crippen molar-refractivity contribution in [2.45, 2.75) is 18.3 Å². The first-order valence-electron chi connectivity index (χ1n) is 4.69. The lowest BCUT2D eigenvalue weighted by Crippen LogP contribution is -2.07. The Morgan fingerprint density at radius 3 is 3.00 bits per heavy atom. The van der Waals surface area contributed by atoms with Gasteiger partial charge in [-0.25, -0.2) is 0 Å². The van der Waals surface area contributed by atoms with Crippen molar-refractivity contribution in [2.75, 3.05) is 11.8 Å². The maximum atomic E-state index is 7.87. The molecule has 56 valence electrons. The Kier molecular flexibility index (Phi) is 0.701. The van der Waals surface area contributed by atoms with Gasteiger partial charge in [-0.05, 0) is 24.5 Å². The van der Waals surface area contributed by atoms with E-state index in [1.807, 2.05) is 6.07 Å². The van der Waals surface area contributed by atoms with Crippen molar-refractivity contribution in [1.82, 2.24) is 0 Å². The van der Waals surface area contributed by atoms with Gasteiger partial charge in [-0.3, -0.25) is 0 Å².